The molecule has 0 aromatic carbocycles. The second-order valence-electron chi connectivity index (χ2n) is 7.04. The highest BCUT2D eigenvalue weighted by Gasteiger charge is 2.41. The molecule has 1 aromatic rings. The van der Waals surface area contributed by atoms with Crippen molar-refractivity contribution >= 4 is 17.4 Å². The summed E-state index contributed by atoms with van der Waals surface area (Å²) in [5.41, 5.74) is -1.35. The molecule has 0 spiro atoms. The van der Waals surface area contributed by atoms with E-state index < -0.39 is 17.3 Å². The van der Waals surface area contributed by atoms with Gasteiger partial charge in [-0.25, -0.2) is 9.97 Å². The summed E-state index contributed by atoms with van der Waals surface area (Å²) in [6, 6.07) is 0. The molecule has 0 radical (unpaired) electrons. The first-order valence-electron chi connectivity index (χ1n) is 8.10. The van der Waals surface area contributed by atoms with E-state index >= 15 is 0 Å². The monoisotopic (exact) mass is 364 g/mol. The van der Waals surface area contributed by atoms with E-state index in [1.807, 2.05) is 4.90 Å². The molecule has 0 atom stereocenters. The topological polar surface area (TPSA) is 32.3 Å². The molecule has 1 fully saturated rings. The maximum atomic E-state index is 13.4. The maximum absolute atomic E-state index is 13.4. The van der Waals surface area contributed by atoms with Crippen molar-refractivity contribution in [1.82, 2.24) is 14.9 Å². The molecule has 8 heteroatoms. The van der Waals surface area contributed by atoms with Crippen molar-refractivity contribution in [3.8, 4) is 0 Å². The summed E-state index contributed by atoms with van der Waals surface area (Å²) in [6.07, 6.45) is -2.55. The number of anilines is 1. The number of alkyl halides is 4. The number of piperazine rings is 1. The molecule has 136 valence electrons. The van der Waals surface area contributed by atoms with Gasteiger partial charge in [-0.05, 0) is 18.4 Å². The van der Waals surface area contributed by atoms with Gasteiger partial charge in [-0.2, -0.15) is 13.2 Å². The Hall–Kier alpha value is -1.08. The number of rotatable bonds is 4. The molecule has 1 saturated heterocycles. The normalized spacial score (nSPS) is 17.4. The lowest BCUT2D eigenvalue weighted by molar-refractivity contribution is -0.142. The minimum atomic E-state index is -4.48. The number of aromatic nitrogens is 2. The van der Waals surface area contributed by atoms with Crippen LogP contribution in [0, 0.1) is 0 Å². The van der Waals surface area contributed by atoms with Gasteiger partial charge in [0.25, 0.3) is 0 Å². The van der Waals surface area contributed by atoms with Crippen LogP contribution in [-0.2, 0) is 11.6 Å². The van der Waals surface area contributed by atoms with Gasteiger partial charge < -0.3 is 4.90 Å². The number of halogens is 4. The predicted molar refractivity (Wildman–Crippen MR) is 89.7 cm³/mol. The Balaban J connectivity index is 2.28. The molecule has 0 aliphatic carbocycles. The highest BCUT2D eigenvalue weighted by atomic mass is 35.5. The first-order valence-corrected chi connectivity index (χ1v) is 8.64. The van der Waals surface area contributed by atoms with Gasteiger partial charge in [0.15, 0.2) is 5.69 Å². The van der Waals surface area contributed by atoms with Gasteiger partial charge in [-0.15, -0.1) is 11.6 Å². The Morgan fingerprint density at radius 3 is 2.21 bits per heavy atom. The molecule has 0 bridgehead atoms. The Labute approximate surface area is 146 Å². The van der Waals surface area contributed by atoms with Crippen LogP contribution >= 0.6 is 11.6 Å². The van der Waals surface area contributed by atoms with E-state index in [2.05, 4.69) is 14.9 Å². The zero-order valence-corrected chi connectivity index (χ0v) is 15.1. The van der Waals surface area contributed by atoms with Crippen LogP contribution in [0.1, 0.15) is 38.4 Å². The number of hydrogen-bond donors (Lipinski definition) is 0. The smallest absolute Gasteiger partial charge is 0.354 e. The van der Waals surface area contributed by atoms with Crippen LogP contribution in [0.3, 0.4) is 0 Å². The number of hydrogen-bond acceptors (Lipinski definition) is 4. The van der Waals surface area contributed by atoms with Gasteiger partial charge in [-0.1, -0.05) is 20.8 Å². The van der Waals surface area contributed by atoms with Crippen LogP contribution in [0.2, 0.25) is 0 Å². The molecule has 0 saturated carbocycles. The van der Waals surface area contributed by atoms with E-state index in [1.165, 1.54) is 0 Å². The van der Waals surface area contributed by atoms with E-state index in [1.54, 1.807) is 20.8 Å². The fraction of sp³-hybridized carbons (Fsp3) is 0.750. The molecule has 1 aromatic heterocycles. The van der Waals surface area contributed by atoms with Gasteiger partial charge in [0.2, 0.25) is 0 Å². The Morgan fingerprint density at radius 1 is 1.08 bits per heavy atom. The molecular weight excluding hydrogens is 341 g/mol. The molecule has 2 rings (SSSR count). The third kappa shape index (κ3) is 4.51. The molecule has 0 unspecified atom stereocenters. The maximum Gasteiger partial charge on any atom is 0.433 e. The lowest BCUT2D eigenvalue weighted by Gasteiger charge is -2.38. The third-order valence-corrected chi connectivity index (χ3v) is 4.39. The average molecular weight is 365 g/mol. The highest BCUT2D eigenvalue weighted by Crippen LogP contribution is 2.40. The first kappa shape index (κ1) is 19.2. The molecule has 24 heavy (non-hydrogen) atoms. The van der Waals surface area contributed by atoms with Gasteiger partial charge in [0.1, 0.15) is 12.1 Å². The van der Waals surface area contributed by atoms with Gasteiger partial charge in [0.05, 0.1) is 0 Å². The summed E-state index contributed by atoms with van der Waals surface area (Å²) < 4.78 is 40.2. The molecule has 4 nitrogen and oxygen atoms in total. The average Bonchev–Trinajstić information content (AvgIpc) is 2.51. The Morgan fingerprint density at radius 2 is 1.71 bits per heavy atom. The fourth-order valence-electron chi connectivity index (χ4n) is 2.99. The van der Waals surface area contributed by atoms with Crippen molar-refractivity contribution in [2.45, 2.75) is 38.8 Å². The Kier molecular flexibility index (Phi) is 5.96. The lowest BCUT2D eigenvalue weighted by Crippen LogP contribution is -2.47. The standard InChI is InChI=1S/C16H24ClF3N4/c1-15(2,3)12-13(16(18,19)20)21-11-22-14(12)24-9-7-23(8-10-24)6-4-5-17/h11H,4-10H2,1-3H3. The van der Waals surface area contributed by atoms with Crippen molar-refractivity contribution in [3.05, 3.63) is 17.6 Å². The quantitative estimate of drug-likeness (QED) is 0.765. The van der Waals surface area contributed by atoms with E-state index in [0.717, 1.165) is 32.4 Å². The molecule has 0 amide bonds. The van der Waals surface area contributed by atoms with Crippen LogP contribution in [0.15, 0.2) is 6.33 Å². The summed E-state index contributed by atoms with van der Waals surface area (Å²) >= 11 is 5.72. The largest absolute Gasteiger partial charge is 0.433 e. The van der Waals surface area contributed by atoms with Gasteiger partial charge >= 0.3 is 6.18 Å². The zero-order chi connectivity index (χ0) is 18.0. The van der Waals surface area contributed by atoms with Crippen molar-refractivity contribution in [2.24, 2.45) is 0 Å². The van der Waals surface area contributed by atoms with Gasteiger partial charge in [-0.3, -0.25) is 4.90 Å². The minimum Gasteiger partial charge on any atom is -0.354 e. The molecular formula is C16H24ClF3N4. The summed E-state index contributed by atoms with van der Waals surface area (Å²) in [4.78, 5) is 12.0. The second-order valence-corrected chi connectivity index (χ2v) is 7.42. The van der Waals surface area contributed by atoms with Crippen LogP contribution in [0.25, 0.3) is 0 Å². The summed E-state index contributed by atoms with van der Waals surface area (Å²) in [5.74, 6) is 1.02. The van der Waals surface area contributed by atoms with Crippen molar-refractivity contribution < 1.29 is 13.2 Å². The van der Waals surface area contributed by atoms with E-state index in [4.69, 9.17) is 11.6 Å². The summed E-state index contributed by atoms with van der Waals surface area (Å²) in [7, 11) is 0. The fourth-order valence-corrected chi connectivity index (χ4v) is 3.11. The van der Waals surface area contributed by atoms with Crippen molar-refractivity contribution in [3.63, 3.8) is 0 Å². The molecule has 1 aliphatic rings. The molecule has 0 N–H and O–H groups in total. The predicted octanol–water partition coefficient (Wildman–Crippen LogP) is 3.54. The third-order valence-electron chi connectivity index (χ3n) is 4.13. The van der Waals surface area contributed by atoms with Crippen LogP contribution < -0.4 is 4.90 Å². The van der Waals surface area contributed by atoms with Crippen molar-refractivity contribution in [2.75, 3.05) is 43.5 Å². The van der Waals surface area contributed by atoms with E-state index in [9.17, 15) is 13.2 Å². The molecule has 1 aliphatic heterocycles. The van der Waals surface area contributed by atoms with E-state index in [-0.39, 0.29) is 5.56 Å². The summed E-state index contributed by atoms with van der Waals surface area (Å²) in [6.45, 7) is 9.11. The van der Waals surface area contributed by atoms with Crippen LogP contribution in [0.5, 0.6) is 0 Å². The zero-order valence-electron chi connectivity index (χ0n) is 14.3. The molecule has 2 heterocycles. The van der Waals surface area contributed by atoms with Crippen LogP contribution in [-0.4, -0.2) is 53.5 Å². The lowest BCUT2D eigenvalue weighted by atomic mass is 9.85. The Bertz CT molecular complexity index is 549. The van der Waals surface area contributed by atoms with Crippen LogP contribution in [0.4, 0.5) is 19.0 Å². The van der Waals surface area contributed by atoms with Crippen molar-refractivity contribution in [1.29, 1.82) is 0 Å². The minimum absolute atomic E-state index is 0.173. The second kappa shape index (κ2) is 7.44. The number of nitrogens with zero attached hydrogens (tertiary/aromatic N) is 4. The van der Waals surface area contributed by atoms with E-state index in [0.29, 0.717) is 24.8 Å². The summed E-state index contributed by atoms with van der Waals surface area (Å²) in [5, 5.41) is 0. The highest BCUT2D eigenvalue weighted by molar-refractivity contribution is 6.17. The SMILES string of the molecule is CC(C)(C)c1c(N2CCN(CCCCl)CC2)ncnc1C(F)(F)F. The van der Waals surface area contributed by atoms with Gasteiger partial charge in [0, 0.05) is 37.6 Å². The first-order chi connectivity index (χ1) is 11.1.